The molecule has 2 bridgehead atoms. The quantitative estimate of drug-likeness (QED) is 0.364. The lowest BCUT2D eigenvalue weighted by molar-refractivity contribution is -0.0772. The first-order valence-electron chi connectivity index (χ1n) is 16.1. The van der Waals surface area contributed by atoms with Gasteiger partial charge >= 0.3 is 0 Å². The maximum Gasteiger partial charge on any atom is 0.196 e. The Balaban J connectivity index is 1.42. The van der Waals surface area contributed by atoms with Gasteiger partial charge in [-0.3, -0.25) is 9.79 Å². The van der Waals surface area contributed by atoms with Crippen molar-refractivity contribution >= 4 is 11.7 Å². The second-order valence-corrected chi connectivity index (χ2v) is 13.4. The molecule has 2 fully saturated rings. The fraction of sp³-hybridized carbons (Fsp3) is 0.556. The van der Waals surface area contributed by atoms with Crippen LogP contribution in [0.5, 0.6) is 0 Å². The third-order valence-corrected chi connectivity index (χ3v) is 10.7. The Hall–Kier alpha value is -2.96. The molecule has 7 rings (SSSR count). The highest BCUT2D eigenvalue weighted by Gasteiger charge is 2.57. The van der Waals surface area contributed by atoms with Gasteiger partial charge in [0, 0.05) is 42.7 Å². The standard InChI is InChI=1S/C36H47N3O3/c1-26-9-6-17-35(2)32(16-18-36(35,42)25-39-22-8-21-38-20-7-19-37-34(38)39)30-15-13-27(23-29(40)14-12-26)24-31(30)33(41)28-10-4-3-5-11-28/h3-5,9-11,13,15,24,29,32,40,42H,6-8,12,14,16-23,25H2,1-2H3/t29-,32-,35-,36+/m0/s1. The van der Waals surface area contributed by atoms with Gasteiger partial charge in [-0.05, 0) is 87.8 Å². The molecule has 2 aliphatic heterocycles. The lowest BCUT2D eigenvalue weighted by Crippen LogP contribution is -2.59. The van der Waals surface area contributed by atoms with Crippen molar-refractivity contribution in [3.63, 3.8) is 0 Å². The summed E-state index contributed by atoms with van der Waals surface area (Å²) in [5.41, 5.74) is 3.37. The van der Waals surface area contributed by atoms with Gasteiger partial charge in [-0.1, -0.05) is 61.0 Å². The molecule has 0 radical (unpaired) electrons. The fourth-order valence-electron chi connectivity index (χ4n) is 8.11. The summed E-state index contributed by atoms with van der Waals surface area (Å²) in [5, 5.41) is 23.6. The number of allylic oxidation sites excluding steroid dienone is 2. The number of aliphatic hydroxyl groups is 2. The number of hydrogen-bond acceptors (Lipinski definition) is 6. The van der Waals surface area contributed by atoms with E-state index >= 15 is 0 Å². The summed E-state index contributed by atoms with van der Waals surface area (Å²) in [4.78, 5) is 23.7. The van der Waals surface area contributed by atoms with Gasteiger partial charge in [-0.15, -0.1) is 0 Å². The lowest BCUT2D eigenvalue weighted by atomic mass is 9.64. The number of ketones is 1. The predicted molar refractivity (Wildman–Crippen MR) is 168 cm³/mol. The van der Waals surface area contributed by atoms with E-state index in [0.29, 0.717) is 31.4 Å². The topological polar surface area (TPSA) is 76.4 Å². The van der Waals surface area contributed by atoms with Crippen molar-refractivity contribution in [2.75, 3.05) is 32.7 Å². The third kappa shape index (κ3) is 5.56. The fourth-order valence-corrected chi connectivity index (χ4v) is 8.11. The van der Waals surface area contributed by atoms with Gasteiger partial charge in [0.05, 0.1) is 18.2 Å². The monoisotopic (exact) mass is 569 g/mol. The van der Waals surface area contributed by atoms with Crippen LogP contribution in [-0.2, 0) is 6.42 Å². The molecule has 2 heterocycles. The van der Waals surface area contributed by atoms with E-state index in [1.54, 1.807) is 0 Å². The predicted octanol–water partition coefficient (Wildman–Crippen LogP) is 5.72. The van der Waals surface area contributed by atoms with E-state index in [1.807, 2.05) is 36.4 Å². The van der Waals surface area contributed by atoms with Gasteiger partial charge in [0.2, 0.25) is 0 Å². The zero-order valence-corrected chi connectivity index (χ0v) is 25.4. The number of nitrogens with zero attached hydrogens (tertiary/aromatic N) is 3. The van der Waals surface area contributed by atoms with Crippen molar-refractivity contribution in [1.29, 1.82) is 0 Å². The van der Waals surface area contributed by atoms with Gasteiger partial charge in [0.15, 0.2) is 11.7 Å². The van der Waals surface area contributed by atoms with Crippen LogP contribution in [-0.4, -0.2) is 76.2 Å². The van der Waals surface area contributed by atoms with Crippen LogP contribution in [0.15, 0.2) is 65.2 Å². The summed E-state index contributed by atoms with van der Waals surface area (Å²) in [6.07, 6.45) is 9.34. The van der Waals surface area contributed by atoms with E-state index < -0.39 is 17.1 Å². The van der Waals surface area contributed by atoms with E-state index in [9.17, 15) is 15.0 Å². The minimum absolute atomic E-state index is 0.0193. The molecule has 5 aliphatic rings. The maximum atomic E-state index is 14.1. The zero-order chi connectivity index (χ0) is 29.3. The Kier molecular flexibility index (Phi) is 8.30. The summed E-state index contributed by atoms with van der Waals surface area (Å²) >= 11 is 0. The Morgan fingerprint density at radius 2 is 1.86 bits per heavy atom. The number of carbonyl (C=O) groups excluding carboxylic acids is 1. The summed E-state index contributed by atoms with van der Waals surface area (Å²) in [7, 11) is 0. The molecule has 1 saturated heterocycles. The smallest absolute Gasteiger partial charge is 0.196 e. The number of β-amino-alcohol motifs (C(OH)–C–C–N with tert-alkyl or cyclic N) is 1. The minimum Gasteiger partial charge on any atom is -0.393 e. The molecule has 6 nitrogen and oxygen atoms in total. The molecule has 0 unspecified atom stereocenters. The second kappa shape index (κ2) is 12.0. The number of aliphatic hydroxyl groups excluding tert-OH is 1. The molecule has 1 saturated carbocycles. The molecular weight excluding hydrogens is 522 g/mol. The highest BCUT2D eigenvalue weighted by molar-refractivity contribution is 6.10. The zero-order valence-electron chi connectivity index (χ0n) is 25.4. The first-order chi connectivity index (χ1) is 20.3. The van der Waals surface area contributed by atoms with Gasteiger partial charge < -0.3 is 20.0 Å². The Bertz CT molecular complexity index is 1350. The minimum atomic E-state index is -0.915. The van der Waals surface area contributed by atoms with Crippen molar-refractivity contribution in [2.24, 2.45) is 10.4 Å². The average molecular weight is 570 g/mol. The summed E-state index contributed by atoms with van der Waals surface area (Å²) in [6.45, 7) is 8.88. The Labute approximate surface area is 251 Å². The number of guanidine groups is 1. The molecule has 2 aromatic carbocycles. The maximum absolute atomic E-state index is 14.1. The number of benzene rings is 2. The molecule has 42 heavy (non-hydrogen) atoms. The van der Waals surface area contributed by atoms with Crippen molar-refractivity contribution in [3.8, 4) is 0 Å². The van der Waals surface area contributed by atoms with Gasteiger partial charge in [0.1, 0.15) is 0 Å². The van der Waals surface area contributed by atoms with Gasteiger partial charge in [0.25, 0.3) is 0 Å². The average Bonchev–Trinajstić information content (AvgIpc) is 3.25. The largest absolute Gasteiger partial charge is 0.393 e. The highest BCUT2D eigenvalue weighted by atomic mass is 16.3. The number of rotatable bonds is 4. The normalized spacial score (nSPS) is 30.2. The molecule has 224 valence electrons. The molecular formula is C36H47N3O3. The van der Waals surface area contributed by atoms with Crippen LogP contribution < -0.4 is 0 Å². The van der Waals surface area contributed by atoms with Crippen LogP contribution in [0.4, 0.5) is 0 Å². The summed E-state index contributed by atoms with van der Waals surface area (Å²) in [5.74, 6) is 1.12. The SMILES string of the molecule is CC1=CCC[C@@]2(C)[C@@H](CC[C@@]2(O)CN2CCCN3CCCN=C32)c2ccc(cc2C(=O)c2ccccc2)C[C@@H](O)CC1. The summed E-state index contributed by atoms with van der Waals surface area (Å²) < 4.78 is 0. The highest BCUT2D eigenvalue weighted by Crippen LogP contribution is 2.59. The lowest BCUT2D eigenvalue weighted by Gasteiger charge is -2.49. The molecule has 0 aromatic heterocycles. The van der Waals surface area contributed by atoms with Crippen LogP contribution in [0.25, 0.3) is 0 Å². The summed E-state index contributed by atoms with van der Waals surface area (Å²) in [6, 6.07) is 15.8. The molecule has 6 heteroatoms. The first-order valence-corrected chi connectivity index (χ1v) is 16.1. The van der Waals surface area contributed by atoms with Crippen LogP contribution in [0.1, 0.15) is 98.2 Å². The van der Waals surface area contributed by atoms with Crippen LogP contribution in [0.3, 0.4) is 0 Å². The van der Waals surface area contributed by atoms with Crippen LogP contribution in [0.2, 0.25) is 0 Å². The van der Waals surface area contributed by atoms with Crippen molar-refractivity contribution in [1.82, 2.24) is 9.80 Å². The number of aliphatic imine (C=N–C) groups is 1. The van der Waals surface area contributed by atoms with Crippen molar-refractivity contribution in [3.05, 3.63) is 82.4 Å². The van der Waals surface area contributed by atoms with Crippen molar-refractivity contribution < 1.29 is 15.0 Å². The van der Waals surface area contributed by atoms with Gasteiger partial charge in [-0.25, -0.2) is 0 Å². The number of carbonyl (C=O) groups is 1. The molecule has 3 aliphatic carbocycles. The first kappa shape index (κ1) is 29.1. The van der Waals surface area contributed by atoms with E-state index in [2.05, 4.69) is 41.9 Å². The van der Waals surface area contributed by atoms with Gasteiger partial charge in [-0.2, -0.15) is 0 Å². The van der Waals surface area contributed by atoms with E-state index in [1.165, 1.54) is 5.57 Å². The van der Waals surface area contributed by atoms with E-state index in [-0.39, 0.29) is 11.7 Å². The molecule has 0 spiro atoms. The molecule has 0 amide bonds. The molecule has 2 N–H and O–H groups in total. The Morgan fingerprint density at radius 1 is 1.05 bits per heavy atom. The number of hydrogen-bond donors (Lipinski definition) is 2. The van der Waals surface area contributed by atoms with Crippen LogP contribution in [0, 0.1) is 5.41 Å². The van der Waals surface area contributed by atoms with Crippen molar-refractivity contribution in [2.45, 2.75) is 89.3 Å². The Morgan fingerprint density at radius 3 is 2.69 bits per heavy atom. The molecule has 2 aromatic rings. The third-order valence-electron chi connectivity index (χ3n) is 10.7. The number of fused-ring (bicyclic) bond motifs is 9. The van der Waals surface area contributed by atoms with Crippen LogP contribution >= 0.6 is 0 Å². The van der Waals surface area contributed by atoms with E-state index in [0.717, 1.165) is 87.4 Å². The van der Waals surface area contributed by atoms with E-state index in [4.69, 9.17) is 4.99 Å². The molecule has 4 atom stereocenters. The second-order valence-electron chi connectivity index (χ2n) is 13.4.